The van der Waals surface area contributed by atoms with Gasteiger partial charge in [-0.2, -0.15) is 0 Å². The molecule has 0 aromatic heterocycles. The second-order valence-corrected chi connectivity index (χ2v) is 8.71. The van der Waals surface area contributed by atoms with Crippen LogP contribution < -0.4 is 4.90 Å². The van der Waals surface area contributed by atoms with Crippen LogP contribution in [0.15, 0.2) is 96.0 Å². The first kappa shape index (κ1) is 20.8. The summed E-state index contributed by atoms with van der Waals surface area (Å²) in [5, 5.41) is 3.66. The van der Waals surface area contributed by atoms with Gasteiger partial charge >= 0.3 is 0 Å². The van der Waals surface area contributed by atoms with E-state index in [1.165, 1.54) is 22.0 Å². The average Bonchev–Trinajstić information content (AvgIpc) is 2.99. The Hall–Kier alpha value is -3.07. The maximum Gasteiger partial charge on any atom is 0.0668 e. The molecule has 158 valence electrons. The second kappa shape index (κ2) is 9.20. The summed E-state index contributed by atoms with van der Waals surface area (Å²) in [4.78, 5) is 7.31. The highest BCUT2D eigenvalue weighted by atomic mass is 35.5. The van der Waals surface area contributed by atoms with E-state index in [0.29, 0.717) is 10.0 Å². The van der Waals surface area contributed by atoms with Crippen molar-refractivity contribution in [2.24, 2.45) is 4.99 Å². The summed E-state index contributed by atoms with van der Waals surface area (Å²) >= 11 is 12.2. The van der Waals surface area contributed by atoms with Crippen molar-refractivity contribution in [2.45, 2.75) is 6.54 Å². The Bertz CT molecular complexity index is 1340. The molecule has 4 heteroatoms. The lowest BCUT2D eigenvalue weighted by atomic mass is 10.0. The summed E-state index contributed by atoms with van der Waals surface area (Å²) < 4.78 is 0. The van der Waals surface area contributed by atoms with E-state index in [9.17, 15) is 0 Å². The van der Waals surface area contributed by atoms with Crippen molar-refractivity contribution < 1.29 is 0 Å². The van der Waals surface area contributed by atoms with Crippen LogP contribution in [0.4, 0.5) is 5.69 Å². The van der Waals surface area contributed by atoms with Crippen LogP contribution in [0.5, 0.6) is 0 Å². The summed E-state index contributed by atoms with van der Waals surface area (Å²) in [6.07, 6.45) is 4.11. The van der Waals surface area contributed by atoms with Crippen LogP contribution in [-0.2, 0) is 6.54 Å². The van der Waals surface area contributed by atoms with Crippen molar-refractivity contribution in [3.8, 4) is 0 Å². The number of rotatable bonds is 4. The normalized spacial score (nSPS) is 13.8. The minimum Gasteiger partial charge on any atom is -0.365 e. The highest BCUT2D eigenvalue weighted by Crippen LogP contribution is 2.28. The SMILES string of the molecule is Clc1ccc(/C=C/C2=NCCN(Cc3ccc4ccccc4c3)c3ccccc32)cc1Cl. The number of aliphatic imine (C=N–C) groups is 1. The van der Waals surface area contributed by atoms with Gasteiger partial charge in [0.25, 0.3) is 0 Å². The maximum atomic E-state index is 6.17. The van der Waals surface area contributed by atoms with Crippen molar-refractivity contribution in [3.05, 3.63) is 118 Å². The predicted octanol–water partition coefficient (Wildman–Crippen LogP) is 7.67. The van der Waals surface area contributed by atoms with E-state index < -0.39 is 0 Å². The van der Waals surface area contributed by atoms with Crippen LogP contribution in [0.1, 0.15) is 16.7 Å². The van der Waals surface area contributed by atoms with Gasteiger partial charge in [0.2, 0.25) is 0 Å². The van der Waals surface area contributed by atoms with E-state index >= 15 is 0 Å². The molecule has 1 aliphatic heterocycles. The van der Waals surface area contributed by atoms with E-state index in [1.54, 1.807) is 0 Å². The number of hydrogen-bond acceptors (Lipinski definition) is 2. The molecule has 0 bridgehead atoms. The lowest BCUT2D eigenvalue weighted by Gasteiger charge is -2.25. The summed E-state index contributed by atoms with van der Waals surface area (Å²) in [7, 11) is 0. The molecule has 1 aliphatic rings. The molecule has 0 spiro atoms. The molecule has 0 radical (unpaired) electrons. The van der Waals surface area contributed by atoms with E-state index in [2.05, 4.69) is 77.7 Å². The zero-order valence-electron chi connectivity index (χ0n) is 17.5. The minimum absolute atomic E-state index is 0.554. The van der Waals surface area contributed by atoms with Crippen LogP contribution >= 0.6 is 23.2 Å². The fourth-order valence-electron chi connectivity index (χ4n) is 4.12. The van der Waals surface area contributed by atoms with E-state index in [1.807, 2.05) is 24.3 Å². The Morgan fingerprint density at radius 1 is 0.781 bits per heavy atom. The number of fused-ring (bicyclic) bond motifs is 2. The molecule has 0 fully saturated rings. The summed E-state index contributed by atoms with van der Waals surface area (Å²) in [6, 6.07) is 29.4. The largest absolute Gasteiger partial charge is 0.365 e. The number of para-hydroxylation sites is 1. The lowest BCUT2D eigenvalue weighted by Crippen LogP contribution is -2.25. The Balaban J connectivity index is 1.43. The molecular weight excluding hydrogens is 435 g/mol. The first-order valence-electron chi connectivity index (χ1n) is 10.7. The number of halogens is 2. The Kier molecular flexibility index (Phi) is 5.98. The molecule has 0 saturated carbocycles. The molecule has 4 aromatic carbocycles. The molecule has 0 N–H and O–H groups in total. The number of anilines is 1. The molecule has 0 amide bonds. The van der Waals surface area contributed by atoms with Gasteiger partial charge in [0.1, 0.15) is 0 Å². The van der Waals surface area contributed by atoms with Gasteiger partial charge in [0, 0.05) is 24.3 Å². The van der Waals surface area contributed by atoms with Gasteiger partial charge in [-0.05, 0) is 52.2 Å². The highest BCUT2D eigenvalue weighted by molar-refractivity contribution is 6.42. The lowest BCUT2D eigenvalue weighted by molar-refractivity contribution is 0.798. The number of nitrogens with zero attached hydrogens (tertiary/aromatic N) is 2. The zero-order chi connectivity index (χ0) is 21.9. The van der Waals surface area contributed by atoms with Crippen molar-refractivity contribution in [1.82, 2.24) is 0 Å². The second-order valence-electron chi connectivity index (χ2n) is 7.89. The monoisotopic (exact) mass is 456 g/mol. The molecule has 0 unspecified atom stereocenters. The minimum atomic E-state index is 0.554. The van der Waals surface area contributed by atoms with Crippen LogP contribution in [0, 0.1) is 0 Å². The Morgan fingerprint density at radius 3 is 2.47 bits per heavy atom. The van der Waals surface area contributed by atoms with Crippen LogP contribution in [-0.4, -0.2) is 18.8 Å². The van der Waals surface area contributed by atoms with Gasteiger partial charge in [-0.15, -0.1) is 0 Å². The molecule has 32 heavy (non-hydrogen) atoms. The number of benzodiazepines with no additional fused rings is 1. The molecule has 0 aliphatic carbocycles. The zero-order valence-corrected chi connectivity index (χ0v) is 19.0. The first-order valence-corrected chi connectivity index (χ1v) is 11.4. The molecule has 2 nitrogen and oxygen atoms in total. The summed E-state index contributed by atoms with van der Waals surface area (Å²) in [5.41, 5.74) is 5.62. The quantitative estimate of drug-likeness (QED) is 0.307. The average molecular weight is 457 g/mol. The van der Waals surface area contributed by atoms with Gasteiger partial charge in [-0.25, -0.2) is 0 Å². The molecule has 4 aromatic rings. The molecule has 0 saturated heterocycles. The highest BCUT2D eigenvalue weighted by Gasteiger charge is 2.17. The van der Waals surface area contributed by atoms with E-state index in [0.717, 1.165) is 36.5 Å². The fourth-order valence-corrected chi connectivity index (χ4v) is 4.42. The Morgan fingerprint density at radius 2 is 1.59 bits per heavy atom. The van der Waals surface area contributed by atoms with Gasteiger partial charge in [-0.3, -0.25) is 4.99 Å². The van der Waals surface area contributed by atoms with Crippen molar-refractivity contribution in [3.63, 3.8) is 0 Å². The topological polar surface area (TPSA) is 15.6 Å². The van der Waals surface area contributed by atoms with Crippen LogP contribution in [0.3, 0.4) is 0 Å². The number of hydrogen-bond donors (Lipinski definition) is 0. The third-order valence-electron chi connectivity index (χ3n) is 5.74. The van der Waals surface area contributed by atoms with Gasteiger partial charge in [0.15, 0.2) is 0 Å². The van der Waals surface area contributed by atoms with Gasteiger partial charge < -0.3 is 4.90 Å². The molecule has 5 rings (SSSR count). The van der Waals surface area contributed by atoms with E-state index in [-0.39, 0.29) is 0 Å². The fraction of sp³-hybridized carbons (Fsp3) is 0.107. The predicted molar refractivity (Wildman–Crippen MR) is 138 cm³/mol. The number of benzene rings is 4. The van der Waals surface area contributed by atoms with Gasteiger partial charge in [-0.1, -0.05) is 89.9 Å². The smallest absolute Gasteiger partial charge is 0.0668 e. The third kappa shape index (κ3) is 4.43. The van der Waals surface area contributed by atoms with Crippen LogP contribution in [0.25, 0.3) is 16.8 Å². The first-order chi connectivity index (χ1) is 15.7. The van der Waals surface area contributed by atoms with Crippen molar-refractivity contribution in [2.75, 3.05) is 18.0 Å². The van der Waals surface area contributed by atoms with Gasteiger partial charge in [0.05, 0.1) is 22.3 Å². The van der Waals surface area contributed by atoms with E-state index in [4.69, 9.17) is 28.2 Å². The maximum absolute atomic E-state index is 6.17. The number of allylic oxidation sites excluding steroid dienone is 1. The molecule has 1 heterocycles. The van der Waals surface area contributed by atoms with Crippen molar-refractivity contribution in [1.29, 1.82) is 0 Å². The standard InChI is InChI=1S/C28H22Cl2N2/c29-25-13-10-20(18-26(25)30)11-14-27-24-7-3-4-8-28(24)32(16-15-31-27)19-21-9-12-22-5-1-2-6-23(22)17-21/h1-14,17-18H,15-16,19H2/b14-11+. The third-order valence-corrected chi connectivity index (χ3v) is 6.48. The van der Waals surface area contributed by atoms with Crippen LogP contribution in [0.2, 0.25) is 10.0 Å². The van der Waals surface area contributed by atoms with Crippen molar-refractivity contribution >= 4 is 51.4 Å². The summed E-state index contributed by atoms with van der Waals surface area (Å²) in [5.74, 6) is 0. The molecule has 0 atom stereocenters. The molecular formula is C28H22Cl2N2. The Labute approximate surface area is 198 Å². The summed E-state index contributed by atoms with van der Waals surface area (Å²) in [6.45, 7) is 2.46.